The van der Waals surface area contributed by atoms with Crippen LogP contribution in [0.2, 0.25) is 0 Å². The van der Waals surface area contributed by atoms with Crippen molar-refractivity contribution >= 4 is 0 Å². The maximum atomic E-state index is 4.07. The molecule has 0 aromatic carbocycles. The monoisotopic (exact) mass is 219 g/mol. The van der Waals surface area contributed by atoms with Crippen molar-refractivity contribution in [2.24, 2.45) is 0 Å². The predicted octanol–water partition coefficient (Wildman–Crippen LogP) is 2.87. The van der Waals surface area contributed by atoms with Gasteiger partial charge in [-0.1, -0.05) is 26.0 Å². The van der Waals surface area contributed by atoms with Crippen LogP contribution in [0.4, 0.5) is 0 Å². The van der Waals surface area contributed by atoms with Gasteiger partial charge in [-0.3, -0.25) is 0 Å². The molecule has 0 saturated heterocycles. The molecule has 0 bridgehead atoms. The molecule has 0 aliphatic heterocycles. The summed E-state index contributed by atoms with van der Waals surface area (Å²) in [6, 6.07) is 0.300. The highest BCUT2D eigenvalue weighted by Gasteiger charge is 2.11. The summed E-state index contributed by atoms with van der Waals surface area (Å²) in [4.78, 5) is 8.13. The lowest BCUT2D eigenvalue weighted by Gasteiger charge is -2.19. The van der Waals surface area contributed by atoms with E-state index in [-0.39, 0.29) is 0 Å². The molecular weight excluding hydrogens is 198 g/mol. The van der Waals surface area contributed by atoms with Crippen LogP contribution in [0.25, 0.3) is 0 Å². The average molecular weight is 219 g/mol. The molecule has 1 aromatic heterocycles. The quantitative estimate of drug-likeness (QED) is 0.717. The van der Waals surface area contributed by atoms with E-state index in [1.807, 2.05) is 12.4 Å². The van der Waals surface area contributed by atoms with Gasteiger partial charge in [0, 0.05) is 24.0 Å². The molecule has 0 radical (unpaired) electrons. The van der Waals surface area contributed by atoms with Crippen LogP contribution in [0.15, 0.2) is 30.9 Å². The fraction of sp³-hybridized carbons (Fsp3) is 0.538. The Bertz CT molecular complexity index is 308. The molecule has 88 valence electrons. The molecule has 0 spiro atoms. The Kier molecular flexibility index (Phi) is 5.72. The van der Waals surface area contributed by atoms with E-state index in [2.05, 4.69) is 35.7 Å². The Labute approximate surface area is 98.0 Å². The summed E-state index contributed by atoms with van der Waals surface area (Å²) in [5.41, 5.74) is 2.41. The van der Waals surface area contributed by atoms with Crippen LogP contribution in [0.5, 0.6) is 0 Å². The van der Waals surface area contributed by atoms with E-state index >= 15 is 0 Å². The van der Waals surface area contributed by atoms with Gasteiger partial charge in [-0.15, -0.1) is 0 Å². The lowest BCUT2D eigenvalue weighted by atomic mass is 10.0. The van der Waals surface area contributed by atoms with E-state index in [9.17, 15) is 0 Å². The van der Waals surface area contributed by atoms with E-state index < -0.39 is 0 Å². The second-order valence-corrected chi connectivity index (χ2v) is 3.99. The maximum Gasteiger partial charge on any atom is 0.115 e. The van der Waals surface area contributed by atoms with Crippen LogP contribution in [0.3, 0.4) is 0 Å². The standard InChI is InChI=1S/C13H21N3/c1-4-6-16-13(7-11(3)5-2)12-8-14-10-15-9-12/h8-10,13,16H,3-7H2,1-2H3. The summed E-state index contributed by atoms with van der Waals surface area (Å²) in [7, 11) is 0. The van der Waals surface area contributed by atoms with Gasteiger partial charge in [0.25, 0.3) is 0 Å². The molecule has 1 aromatic rings. The first-order chi connectivity index (χ1) is 7.77. The Morgan fingerprint density at radius 1 is 1.38 bits per heavy atom. The van der Waals surface area contributed by atoms with Gasteiger partial charge in [-0.2, -0.15) is 0 Å². The lowest BCUT2D eigenvalue weighted by Crippen LogP contribution is -2.22. The lowest BCUT2D eigenvalue weighted by molar-refractivity contribution is 0.520. The van der Waals surface area contributed by atoms with E-state index in [1.165, 1.54) is 5.57 Å². The molecular formula is C13H21N3. The molecule has 3 heteroatoms. The summed E-state index contributed by atoms with van der Waals surface area (Å²) in [5, 5.41) is 3.51. The molecule has 1 unspecified atom stereocenters. The highest BCUT2D eigenvalue weighted by atomic mass is 14.9. The molecule has 16 heavy (non-hydrogen) atoms. The first-order valence-electron chi connectivity index (χ1n) is 5.92. The van der Waals surface area contributed by atoms with E-state index in [0.29, 0.717) is 6.04 Å². The fourth-order valence-electron chi connectivity index (χ4n) is 1.55. The summed E-state index contributed by atoms with van der Waals surface area (Å²) < 4.78 is 0. The Hall–Kier alpha value is -1.22. The van der Waals surface area contributed by atoms with Gasteiger partial charge in [0.1, 0.15) is 6.33 Å². The van der Waals surface area contributed by atoms with Gasteiger partial charge in [0.05, 0.1) is 0 Å². The highest BCUT2D eigenvalue weighted by molar-refractivity contribution is 5.13. The molecule has 1 atom stereocenters. The van der Waals surface area contributed by atoms with Gasteiger partial charge in [-0.25, -0.2) is 9.97 Å². The minimum absolute atomic E-state index is 0.300. The SMILES string of the molecule is C=C(CC)CC(NCCC)c1cncnc1. The summed E-state index contributed by atoms with van der Waals surface area (Å²) in [5.74, 6) is 0. The van der Waals surface area contributed by atoms with Gasteiger partial charge in [0.15, 0.2) is 0 Å². The second-order valence-electron chi connectivity index (χ2n) is 3.99. The average Bonchev–Trinajstić information content (AvgIpc) is 2.35. The Morgan fingerprint density at radius 3 is 2.62 bits per heavy atom. The molecule has 0 aliphatic carbocycles. The predicted molar refractivity (Wildman–Crippen MR) is 67.1 cm³/mol. The highest BCUT2D eigenvalue weighted by Crippen LogP contribution is 2.20. The summed E-state index contributed by atoms with van der Waals surface area (Å²) in [6.45, 7) is 9.38. The van der Waals surface area contributed by atoms with Crippen LogP contribution in [0, 0.1) is 0 Å². The number of nitrogens with zero attached hydrogens (tertiary/aromatic N) is 2. The second kappa shape index (κ2) is 7.12. The van der Waals surface area contributed by atoms with Crippen molar-refractivity contribution in [1.29, 1.82) is 0 Å². The van der Waals surface area contributed by atoms with Crippen molar-refractivity contribution in [2.75, 3.05) is 6.54 Å². The van der Waals surface area contributed by atoms with Crippen LogP contribution in [0.1, 0.15) is 44.7 Å². The zero-order valence-electron chi connectivity index (χ0n) is 10.2. The van der Waals surface area contributed by atoms with Crippen LogP contribution in [-0.4, -0.2) is 16.5 Å². The van der Waals surface area contributed by atoms with Crippen molar-refractivity contribution in [3.63, 3.8) is 0 Å². The first-order valence-corrected chi connectivity index (χ1v) is 5.92. The molecule has 1 N–H and O–H groups in total. The van der Waals surface area contributed by atoms with Gasteiger partial charge in [0.2, 0.25) is 0 Å². The third kappa shape index (κ3) is 4.11. The number of rotatable bonds is 7. The van der Waals surface area contributed by atoms with Crippen LogP contribution < -0.4 is 5.32 Å². The molecule has 0 aliphatic rings. The van der Waals surface area contributed by atoms with Gasteiger partial charge >= 0.3 is 0 Å². The Morgan fingerprint density at radius 2 is 2.06 bits per heavy atom. The molecule has 0 saturated carbocycles. The van der Waals surface area contributed by atoms with Gasteiger partial charge < -0.3 is 5.32 Å². The smallest absolute Gasteiger partial charge is 0.115 e. The third-order valence-corrected chi connectivity index (χ3v) is 2.62. The van der Waals surface area contributed by atoms with Crippen LogP contribution in [-0.2, 0) is 0 Å². The Balaban J connectivity index is 2.67. The van der Waals surface area contributed by atoms with Crippen LogP contribution >= 0.6 is 0 Å². The fourth-order valence-corrected chi connectivity index (χ4v) is 1.55. The van der Waals surface area contributed by atoms with Crippen molar-refractivity contribution in [3.8, 4) is 0 Å². The number of nitrogens with one attached hydrogen (secondary N) is 1. The molecule has 1 heterocycles. The van der Waals surface area contributed by atoms with E-state index in [1.54, 1.807) is 6.33 Å². The van der Waals surface area contributed by atoms with Crippen molar-refractivity contribution < 1.29 is 0 Å². The largest absolute Gasteiger partial charge is 0.310 e. The third-order valence-electron chi connectivity index (χ3n) is 2.62. The minimum Gasteiger partial charge on any atom is -0.310 e. The number of hydrogen-bond acceptors (Lipinski definition) is 3. The van der Waals surface area contributed by atoms with Crippen molar-refractivity contribution in [2.45, 2.75) is 39.2 Å². The number of hydrogen-bond donors (Lipinski definition) is 1. The zero-order chi connectivity index (χ0) is 11.8. The summed E-state index contributed by atoms with van der Waals surface area (Å²) >= 11 is 0. The minimum atomic E-state index is 0.300. The van der Waals surface area contributed by atoms with Crippen molar-refractivity contribution in [3.05, 3.63) is 36.4 Å². The number of aromatic nitrogens is 2. The zero-order valence-corrected chi connectivity index (χ0v) is 10.2. The topological polar surface area (TPSA) is 37.8 Å². The normalized spacial score (nSPS) is 12.4. The molecule has 1 rings (SSSR count). The van der Waals surface area contributed by atoms with E-state index in [0.717, 1.165) is 31.4 Å². The van der Waals surface area contributed by atoms with Gasteiger partial charge in [-0.05, 0) is 25.8 Å². The first kappa shape index (κ1) is 12.8. The van der Waals surface area contributed by atoms with Crippen molar-refractivity contribution in [1.82, 2.24) is 15.3 Å². The molecule has 3 nitrogen and oxygen atoms in total. The maximum absolute atomic E-state index is 4.07. The molecule has 0 amide bonds. The molecule has 0 fully saturated rings. The van der Waals surface area contributed by atoms with E-state index in [4.69, 9.17) is 0 Å². The summed E-state index contributed by atoms with van der Waals surface area (Å²) in [6.07, 6.45) is 8.44.